The molecule has 2 aromatic rings. The van der Waals surface area contributed by atoms with Crippen LogP contribution in [0.1, 0.15) is 29.8 Å². The zero-order valence-electron chi connectivity index (χ0n) is 13.4. The number of carbonyl (C=O) groups is 2. The summed E-state index contributed by atoms with van der Waals surface area (Å²) in [6.07, 6.45) is 4.36. The molecule has 1 N–H and O–H groups in total. The van der Waals surface area contributed by atoms with Gasteiger partial charge in [-0.15, -0.1) is 5.10 Å². The summed E-state index contributed by atoms with van der Waals surface area (Å²) in [6, 6.07) is 6.33. The highest BCUT2D eigenvalue weighted by Gasteiger charge is 2.50. The lowest BCUT2D eigenvalue weighted by atomic mass is 9.94. The van der Waals surface area contributed by atoms with E-state index in [2.05, 4.69) is 10.3 Å². The van der Waals surface area contributed by atoms with Crippen LogP contribution in [0.5, 0.6) is 0 Å². The lowest BCUT2D eigenvalue weighted by Gasteiger charge is -2.23. The van der Waals surface area contributed by atoms with Gasteiger partial charge in [0.05, 0.1) is 16.9 Å². The van der Waals surface area contributed by atoms with Crippen LogP contribution in [0.4, 0.5) is 0 Å². The van der Waals surface area contributed by atoms with Gasteiger partial charge in [0, 0.05) is 6.54 Å². The second kappa shape index (κ2) is 6.15. The predicted octanol–water partition coefficient (Wildman–Crippen LogP) is 2.25. The standard InChI is InChI=1S/C17H17ClN4O3/c18-12-6-1-2-7-14(12)22-9-13(19-20-22)16(23)21-8-10-4-3-5-11(10)15(21)17(24)25/h1-2,6-7,9-11,15H,3-5,8H2,(H,24,25). The van der Waals surface area contributed by atoms with E-state index in [1.165, 1.54) is 15.8 Å². The number of carboxylic acids is 1. The molecular formula is C17H17ClN4O3. The largest absolute Gasteiger partial charge is 0.480 e. The molecule has 8 heteroatoms. The predicted molar refractivity (Wildman–Crippen MR) is 89.7 cm³/mol. The summed E-state index contributed by atoms with van der Waals surface area (Å²) in [5.74, 6) is -1.02. The Labute approximate surface area is 149 Å². The van der Waals surface area contributed by atoms with Crippen molar-refractivity contribution < 1.29 is 14.7 Å². The Morgan fingerprint density at radius 2 is 2.04 bits per heavy atom. The summed E-state index contributed by atoms with van der Waals surface area (Å²) < 4.78 is 1.43. The average Bonchev–Trinajstić information content (AvgIpc) is 3.29. The lowest BCUT2D eigenvalue weighted by molar-refractivity contribution is -0.142. The van der Waals surface area contributed by atoms with Crippen LogP contribution in [-0.2, 0) is 4.79 Å². The molecule has 1 amide bonds. The van der Waals surface area contributed by atoms with E-state index in [0.717, 1.165) is 19.3 Å². The van der Waals surface area contributed by atoms with Crippen LogP contribution in [0, 0.1) is 11.8 Å². The van der Waals surface area contributed by atoms with Gasteiger partial charge in [-0.1, -0.05) is 35.4 Å². The Balaban J connectivity index is 1.61. The number of benzene rings is 1. The SMILES string of the molecule is O=C(O)C1C2CCCC2CN1C(=O)c1cn(-c2ccccc2Cl)nn1. The first-order valence-corrected chi connectivity index (χ1v) is 8.65. The molecule has 4 rings (SSSR count). The minimum Gasteiger partial charge on any atom is -0.480 e. The van der Waals surface area contributed by atoms with Crippen molar-refractivity contribution in [3.63, 3.8) is 0 Å². The lowest BCUT2D eigenvalue weighted by Crippen LogP contribution is -2.43. The van der Waals surface area contributed by atoms with Gasteiger partial charge in [0.25, 0.3) is 5.91 Å². The number of nitrogens with zero attached hydrogens (tertiary/aromatic N) is 4. The second-order valence-corrected chi connectivity index (χ2v) is 7.00. The number of aromatic nitrogens is 3. The van der Waals surface area contributed by atoms with E-state index >= 15 is 0 Å². The first kappa shape index (κ1) is 16.1. The molecule has 1 aliphatic carbocycles. The van der Waals surface area contributed by atoms with Crippen molar-refractivity contribution in [1.82, 2.24) is 19.9 Å². The van der Waals surface area contributed by atoms with E-state index in [-0.39, 0.29) is 23.4 Å². The van der Waals surface area contributed by atoms with Crippen LogP contribution < -0.4 is 0 Å². The van der Waals surface area contributed by atoms with Gasteiger partial charge < -0.3 is 10.0 Å². The Bertz CT molecular complexity index is 837. The Hall–Kier alpha value is -2.41. The Morgan fingerprint density at radius 3 is 2.80 bits per heavy atom. The minimum atomic E-state index is -0.943. The van der Waals surface area contributed by atoms with Gasteiger partial charge in [0.2, 0.25) is 0 Å². The van der Waals surface area contributed by atoms with E-state index < -0.39 is 12.0 Å². The Kier molecular flexibility index (Phi) is 3.95. The van der Waals surface area contributed by atoms with Gasteiger partial charge in [-0.2, -0.15) is 0 Å². The van der Waals surface area contributed by atoms with Crippen LogP contribution >= 0.6 is 11.6 Å². The number of likely N-dealkylation sites (tertiary alicyclic amines) is 1. The zero-order valence-corrected chi connectivity index (χ0v) is 14.1. The van der Waals surface area contributed by atoms with Crippen LogP contribution in [0.15, 0.2) is 30.5 Å². The van der Waals surface area contributed by atoms with Gasteiger partial charge in [0.1, 0.15) is 6.04 Å². The molecule has 2 heterocycles. The molecule has 1 aliphatic heterocycles. The van der Waals surface area contributed by atoms with E-state index in [1.807, 2.05) is 6.07 Å². The molecule has 1 saturated carbocycles. The van der Waals surface area contributed by atoms with Gasteiger partial charge in [-0.05, 0) is 36.8 Å². The van der Waals surface area contributed by atoms with Crippen molar-refractivity contribution in [2.75, 3.05) is 6.54 Å². The number of hydrogen-bond acceptors (Lipinski definition) is 4. The molecular weight excluding hydrogens is 344 g/mol. The third kappa shape index (κ3) is 2.68. The molecule has 1 aromatic heterocycles. The zero-order chi connectivity index (χ0) is 17.6. The molecule has 1 aromatic carbocycles. The van der Waals surface area contributed by atoms with Crippen molar-refractivity contribution in [2.24, 2.45) is 11.8 Å². The van der Waals surface area contributed by atoms with Gasteiger partial charge in [-0.25, -0.2) is 9.48 Å². The van der Waals surface area contributed by atoms with E-state index in [1.54, 1.807) is 18.2 Å². The van der Waals surface area contributed by atoms with Gasteiger partial charge in [0.15, 0.2) is 5.69 Å². The minimum absolute atomic E-state index is 0.0417. The fourth-order valence-corrected chi connectivity index (χ4v) is 4.32. The van der Waals surface area contributed by atoms with Gasteiger partial charge in [-0.3, -0.25) is 4.79 Å². The monoisotopic (exact) mass is 360 g/mol. The highest BCUT2D eigenvalue weighted by molar-refractivity contribution is 6.32. The summed E-state index contributed by atoms with van der Waals surface area (Å²) >= 11 is 6.14. The number of hydrogen-bond donors (Lipinski definition) is 1. The summed E-state index contributed by atoms with van der Waals surface area (Å²) in [7, 11) is 0. The molecule has 3 atom stereocenters. The molecule has 1 saturated heterocycles. The van der Waals surface area contributed by atoms with Crippen molar-refractivity contribution in [3.05, 3.63) is 41.2 Å². The number of carboxylic acid groups (broad SMARTS) is 1. The summed E-state index contributed by atoms with van der Waals surface area (Å²) in [6.45, 7) is 0.472. The van der Waals surface area contributed by atoms with Crippen LogP contribution in [0.2, 0.25) is 5.02 Å². The van der Waals surface area contributed by atoms with Crippen LogP contribution in [0.3, 0.4) is 0 Å². The number of aliphatic carboxylic acids is 1. The molecule has 0 bridgehead atoms. The number of halogens is 1. The quantitative estimate of drug-likeness (QED) is 0.906. The second-order valence-electron chi connectivity index (χ2n) is 6.60. The van der Waals surface area contributed by atoms with E-state index in [4.69, 9.17) is 11.6 Å². The maximum absolute atomic E-state index is 12.8. The average molecular weight is 361 g/mol. The molecule has 0 radical (unpaired) electrons. The highest BCUT2D eigenvalue weighted by Crippen LogP contribution is 2.42. The fourth-order valence-electron chi connectivity index (χ4n) is 4.10. The van der Waals surface area contributed by atoms with Crippen molar-refractivity contribution in [3.8, 4) is 5.69 Å². The third-order valence-corrected chi connectivity index (χ3v) is 5.54. The fraction of sp³-hybridized carbons (Fsp3) is 0.412. The molecule has 7 nitrogen and oxygen atoms in total. The highest BCUT2D eigenvalue weighted by atomic mass is 35.5. The smallest absolute Gasteiger partial charge is 0.326 e. The normalized spacial score (nSPS) is 25.2. The Morgan fingerprint density at radius 1 is 1.24 bits per heavy atom. The van der Waals surface area contributed by atoms with E-state index in [0.29, 0.717) is 17.3 Å². The molecule has 3 unspecified atom stereocenters. The number of fused-ring (bicyclic) bond motifs is 1. The molecule has 130 valence electrons. The van der Waals surface area contributed by atoms with E-state index in [9.17, 15) is 14.7 Å². The molecule has 0 spiro atoms. The number of carbonyl (C=O) groups excluding carboxylic acids is 1. The summed E-state index contributed by atoms with van der Waals surface area (Å²) in [5, 5.41) is 18.0. The number of amides is 1. The summed E-state index contributed by atoms with van der Waals surface area (Å²) in [4.78, 5) is 26.0. The number of rotatable bonds is 3. The van der Waals surface area contributed by atoms with Crippen LogP contribution in [0.25, 0.3) is 5.69 Å². The first-order chi connectivity index (χ1) is 12.1. The van der Waals surface area contributed by atoms with Crippen LogP contribution in [-0.4, -0.2) is 49.5 Å². The third-order valence-electron chi connectivity index (χ3n) is 5.22. The van der Waals surface area contributed by atoms with Crippen molar-refractivity contribution in [1.29, 1.82) is 0 Å². The molecule has 25 heavy (non-hydrogen) atoms. The molecule has 2 aliphatic rings. The topological polar surface area (TPSA) is 88.3 Å². The maximum Gasteiger partial charge on any atom is 0.326 e. The van der Waals surface area contributed by atoms with Gasteiger partial charge >= 0.3 is 5.97 Å². The van der Waals surface area contributed by atoms with Crippen molar-refractivity contribution >= 4 is 23.5 Å². The number of para-hydroxylation sites is 1. The first-order valence-electron chi connectivity index (χ1n) is 8.27. The van der Waals surface area contributed by atoms with Crippen molar-refractivity contribution in [2.45, 2.75) is 25.3 Å². The molecule has 2 fully saturated rings. The summed E-state index contributed by atoms with van der Waals surface area (Å²) in [5.41, 5.74) is 0.745. The maximum atomic E-state index is 12.8.